The summed E-state index contributed by atoms with van der Waals surface area (Å²) in [6.07, 6.45) is 0.186. The van der Waals surface area contributed by atoms with E-state index < -0.39 is 17.7 Å². The molecule has 2 nitrogen and oxygen atoms in total. The number of benzene rings is 1. The third-order valence-electron chi connectivity index (χ3n) is 2.42. The molecular formula is C13H18F2O2. The molecule has 0 radical (unpaired) electrons. The van der Waals surface area contributed by atoms with Crippen LogP contribution in [-0.2, 0) is 6.42 Å². The summed E-state index contributed by atoms with van der Waals surface area (Å²) in [5, 5.41) is 9.43. The molecule has 4 heteroatoms. The fourth-order valence-electron chi connectivity index (χ4n) is 1.53. The number of hydrogen-bond donors (Lipinski definition) is 1. The fraction of sp³-hybridized carbons (Fsp3) is 0.538. The molecular weight excluding hydrogens is 226 g/mol. The monoisotopic (exact) mass is 244 g/mol. The number of aliphatic hydroxyl groups is 1. The molecule has 2 rings (SSSR count). The molecule has 0 aliphatic carbocycles. The molecule has 1 N–H and O–H groups in total. The molecule has 2 atom stereocenters. The Morgan fingerprint density at radius 3 is 2.53 bits per heavy atom. The van der Waals surface area contributed by atoms with Crippen LogP contribution in [0.1, 0.15) is 32.8 Å². The average molecular weight is 244 g/mol. The van der Waals surface area contributed by atoms with Crippen molar-refractivity contribution in [3.63, 3.8) is 0 Å². The first-order valence-corrected chi connectivity index (χ1v) is 5.82. The van der Waals surface area contributed by atoms with Gasteiger partial charge in [-0.25, -0.2) is 8.78 Å². The van der Waals surface area contributed by atoms with Gasteiger partial charge in [-0.3, -0.25) is 0 Å². The zero-order chi connectivity index (χ0) is 13.0. The second-order valence-corrected chi connectivity index (χ2v) is 4.14. The SMILES string of the molecule is CC1Oc2ccc(F)c(F)c2CC1O.CCC. The Hall–Kier alpha value is -1.16. The van der Waals surface area contributed by atoms with Crippen molar-refractivity contribution in [3.05, 3.63) is 29.3 Å². The third-order valence-corrected chi connectivity index (χ3v) is 2.42. The average Bonchev–Trinajstić information content (AvgIpc) is 2.28. The van der Waals surface area contributed by atoms with Crippen molar-refractivity contribution in [2.24, 2.45) is 0 Å². The third kappa shape index (κ3) is 3.16. The number of ether oxygens (including phenoxy) is 1. The maximum absolute atomic E-state index is 13.2. The summed E-state index contributed by atoms with van der Waals surface area (Å²) in [6, 6.07) is 2.41. The lowest BCUT2D eigenvalue weighted by molar-refractivity contribution is 0.0312. The molecule has 1 aromatic rings. The van der Waals surface area contributed by atoms with Gasteiger partial charge in [0.2, 0.25) is 0 Å². The fourth-order valence-corrected chi connectivity index (χ4v) is 1.53. The number of rotatable bonds is 0. The summed E-state index contributed by atoms with van der Waals surface area (Å²) >= 11 is 0. The van der Waals surface area contributed by atoms with Gasteiger partial charge in [0.1, 0.15) is 11.9 Å². The highest BCUT2D eigenvalue weighted by Crippen LogP contribution is 2.30. The molecule has 0 aromatic heterocycles. The van der Waals surface area contributed by atoms with E-state index in [0.29, 0.717) is 5.75 Å². The Kier molecular flexibility index (Phi) is 4.87. The van der Waals surface area contributed by atoms with E-state index in [1.54, 1.807) is 6.92 Å². The highest BCUT2D eigenvalue weighted by Gasteiger charge is 2.28. The first-order chi connectivity index (χ1) is 8.01. The highest BCUT2D eigenvalue weighted by atomic mass is 19.2. The number of aliphatic hydroxyl groups excluding tert-OH is 1. The minimum atomic E-state index is -0.923. The van der Waals surface area contributed by atoms with Crippen molar-refractivity contribution < 1.29 is 18.6 Å². The Labute approximate surface area is 100 Å². The van der Waals surface area contributed by atoms with Crippen LogP contribution in [0.15, 0.2) is 12.1 Å². The lowest BCUT2D eigenvalue weighted by Crippen LogP contribution is -2.35. The van der Waals surface area contributed by atoms with Gasteiger partial charge in [-0.15, -0.1) is 0 Å². The van der Waals surface area contributed by atoms with E-state index >= 15 is 0 Å². The Bertz CT molecular complexity index is 380. The van der Waals surface area contributed by atoms with Gasteiger partial charge >= 0.3 is 0 Å². The van der Waals surface area contributed by atoms with Crippen LogP contribution in [-0.4, -0.2) is 17.3 Å². The van der Waals surface area contributed by atoms with E-state index in [1.807, 2.05) is 0 Å². The van der Waals surface area contributed by atoms with Crippen LogP contribution >= 0.6 is 0 Å². The van der Waals surface area contributed by atoms with Crippen LogP contribution in [0.4, 0.5) is 8.78 Å². The van der Waals surface area contributed by atoms with Gasteiger partial charge < -0.3 is 9.84 Å². The van der Waals surface area contributed by atoms with E-state index in [9.17, 15) is 13.9 Å². The zero-order valence-electron chi connectivity index (χ0n) is 10.3. The number of hydrogen-bond acceptors (Lipinski definition) is 2. The maximum atomic E-state index is 13.2. The van der Waals surface area contributed by atoms with E-state index in [2.05, 4.69) is 13.8 Å². The second kappa shape index (κ2) is 5.96. The predicted octanol–water partition coefficient (Wildman–Crippen LogP) is 3.07. The molecule has 1 aliphatic rings. The molecule has 1 heterocycles. The summed E-state index contributed by atoms with van der Waals surface area (Å²) in [5.41, 5.74) is 0.121. The molecule has 2 unspecified atom stereocenters. The lowest BCUT2D eigenvalue weighted by atomic mass is 9.99. The maximum Gasteiger partial charge on any atom is 0.165 e. The Balaban J connectivity index is 0.000000437. The normalized spacial score (nSPS) is 22.0. The van der Waals surface area contributed by atoms with Crippen molar-refractivity contribution in [2.75, 3.05) is 0 Å². The minimum absolute atomic E-state index is 0.0973. The topological polar surface area (TPSA) is 29.5 Å². The first-order valence-electron chi connectivity index (χ1n) is 5.82. The first kappa shape index (κ1) is 13.9. The van der Waals surface area contributed by atoms with Crippen LogP contribution in [0, 0.1) is 11.6 Å². The van der Waals surface area contributed by atoms with Crippen molar-refractivity contribution in [1.29, 1.82) is 0 Å². The summed E-state index contributed by atoms with van der Waals surface area (Å²) in [7, 11) is 0. The molecule has 1 aliphatic heterocycles. The zero-order valence-corrected chi connectivity index (χ0v) is 10.3. The van der Waals surface area contributed by atoms with Crippen LogP contribution < -0.4 is 4.74 Å². The summed E-state index contributed by atoms with van der Waals surface area (Å²) in [5.74, 6) is -1.51. The minimum Gasteiger partial charge on any atom is -0.488 e. The van der Waals surface area contributed by atoms with E-state index in [-0.39, 0.29) is 18.1 Å². The standard InChI is InChI=1S/C10H10F2O2.C3H8/c1-5-8(13)4-6-9(14-5)3-2-7(11)10(6)12;1-3-2/h2-3,5,8,13H,4H2,1H3;3H2,1-2H3. The quantitative estimate of drug-likeness (QED) is 0.760. The molecule has 96 valence electrons. The predicted molar refractivity (Wildman–Crippen MR) is 62.1 cm³/mol. The van der Waals surface area contributed by atoms with E-state index in [4.69, 9.17) is 4.74 Å². The van der Waals surface area contributed by atoms with Crippen molar-refractivity contribution in [3.8, 4) is 5.75 Å². The lowest BCUT2D eigenvalue weighted by Gasteiger charge is -2.28. The van der Waals surface area contributed by atoms with Crippen molar-refractivity contribution in [2.45, 2.75) is 45.8 Å². The van der Waals surface area contributed by atoms with Crippen LogP contribution in [0.3, 0.4) is 0 Å². The number of fused-ring (bicyclic) bond motifs is 1. The summed E-state index contributed by atoms with van der Waals surface area (Å²) < 4.78 is 31.3. The van der Waals surface area contributed by atoms with Gasteiger partial charge in [0.25, 0.3) is 0 Å². The largest absolute Gasteiger partial charge is 0.488 e. The molecule has 0 saturated carbocycles. The Morgan fingerprint density at radius 1 is 1.35 bits per heavy atom. The van der Waals surface area contributed by atoms with Gasteiger partial charge in [0.15, 0.2) is 11.6 Å². The highest BCUT2D eigenvalue weighted by molar-refractivity contribution is 5.37. The molecule has 0 fully saturated rings. The smallest absolute Gasteiger partial charge is 0.165 e. The molecule has 0 spiro atoms. The van der Waals surface area contributed by atoms with Crippen LogP contribution in [0.2, 0.25) is 0 Å². The van der Waals surface area contributed by atoms with Crippen molar-refractivity contribution >= 4 is 0 Å². The van der Waals surface area contributed by atoms with Crippen LogP contribution in [0.25, 0.3) is 0 Å². The van der Waals surface area contributed by atoms with Gasteiger partial charge in [-0.2, -0.15) is 0 Å². The van der Waals surface area contributed by atoms with Gasteiger partial charge in [-0.05, 0) is 19.1 Å². The van der Waals surface area contributed by atoms with Gasteiger partial charge in [0, 0.05) is 12.0 Å². The van der Waals surface area contributed by atoms with Gasteiger partial charge in [0.05, 0.1) is 6.10 Å². The number of halogens is 2. The van der Waals surface area contributed by atoms with Gasteiger partial charge in [-0.1, -0.05) is 20.3 Å². The molecule has 0 bridgehead atoms. The molecule has 1 aromatic carbocycles. The van der Waals surface area contributed by atoms with E-state index in [1.165, 1.54) is 12.5 Å². The Morgan fingerprint density at radius 2 is 1.94 bits per heavy atom. The molecule has 17 heavy (non-hydrogen) atoms. The molecule has 0 saturated heterocycles. The summed E-state index contributed by atoms with van der Waals surface area (Å²) in [6.45, 7) is 5.94. The van der Waals surface area contributed by atoms with E-state index in [0.717, 1.165) is 6.07 Å². The summed E-state index contributed by atoms with van der Waals surface area (Å²) in [4.78, 5) is 0. The second-order valence-electron chi connectivity index (χ2n) is 4.14. The van der Waals surface area contributed by atoms with Crippen molar-refractivity contribution in [1.82, 2.24) is 0 Å². The molecule has 0 amide bonds. The van der Waals surface area contributed by atoms with Crippen LogP contribution in [0.5, 0.6) is 5.75 Å².